The molecule has 0 bridgehead atoms. The number of nitrogens with zero attached hydrogens (tertiary/aromatic N) is 2. The Morgan fingerprint density at radius 1 is 1.40 bits per heavy atom. The second-order valence-corrected chi connectivity index (χ2v) is 4.51. The normalized spacial score (nSPS) is 12.5. The maximum Gasteiger partial charge on any atom is 0.312 e. The fourth-order valence-corrected chi connectivity index (χ4v) is 2.03. The van der Waals surface area contributed by atoms with Crippen LogP contribution in [0.2, 0.25) is 0 Å². The number of hydrogen-bond donors (Lipinski definition) is 1. The summed E-state index contributed by atoms with van der Waals surface area (Å²) in [5, 5.41) is 14.4. The number of aliphatic carboxylic acids is 1. The van der Waals surface area contributed by atoms with Crippen molar-refractivity contribution in [2.24, 2.45) is 0 Å². The van der Waals surface area contributed by atoms with Gasteiger partial charge in [-0.05, 0) is 13.0 Å². The monoisotopic (exact) mass is 276 g/mol. The largest absolute Gasteiger partial charge is 0.481 e. The number of carboxylic acid groups (broad SMARTS) is 1. The van der Waals surface area contributed by atoms with Crippen molar-refractivity contribution in [1.82, 2.24) is 9.78 Å². The Hall–Kier alpha value is -2.21. The molecule has 1 heterocycles. The molecule has 0 spiro atoms. The summed E-state index contributed by atoms with van der Waals surface area (Å²) in [7, 11) is 1.53. The van der Waals surface area contributed by atoms with Crippen LogP contribution < -0.4 is 5.56 Å². The molecule has 6 heteroatoms. The highest BCUT2D eigenvalue weighted by atomic mass is 16.5. The lowest BCUT2D eigenvalue weighted by molar-refractivity contribution is -0.138. The van der Waals surface area contributed by atoms with E-state index in [1.54, 1.807) is 31.2 Å². The lowest BCUT2D eigenvalue weighted by atomic mass is 10.0. The van der Waals surface area contributed by atoms with Gasteiger partial charge in [0.15, 0.2) is 0 Å². The molecule has 0 saturated carbocycles. The SMILES string of the molecule is COCCn1nc(C(C)C(=O)O)c2ccccc2c1=O. The number of fused-ring (bicyclic) bond motifs is 1. The highest BCUT2D eigenvalue weighted by molar-refractivity contribution is 5.88. The number of aromatic nitrogens is 2. The Bertz CT molecular complexity index is 693. The Morgan fingerprint density at radius 2 is 2.05 bits per heavy atom. The predicted octanol–water partition coefficient (Wildman–Crippen LogP) is 1.23. The van der Waals surface area contributed by atoms with Crippen LogP contribution in [0.1, 0.15) is 18.5 Å². The first kappa shape index (κ1) is 14.2. The van der Waals surface area contributed by atoms with E-state index in [-0.39, 0.29) is 5.56 Å². The number of hydrogen-bond acceptors (Lipinski definition) is 4. The molecule has 0 radical (unpaired) electrons. The number of carboxylic acids is 1. The Kier molecular flexibility index (Phi) is 4.14. The van der Waals surface area contributed by atoms with Crippen LogP contribution in [0, 0.1) is 0 Å². The molecule has 1 N–H and O–H groups in total. The number of ether oxygens (including phenoxy) is 1. The molecule has 1 atom stereocenters. The molecule has 1 aromatic carbocycles. The Morgan fingerprint density at radius 3 is 2.65 bits per heavy atom. The van der Waals surface area contributed by atoms with Gasteiger partial charge in [0, 0.05) is 12.5 Å². The first-order valence-corrected chi connectivity index (χ1v) is 6.27. The third-order valence-corrected chi connectivity index (χ3v) is 3.18. The molecule has 0 fully saturated rings. The van der Waals surface area contributed by atoms with Crippen LogP contribution in [0.25, 0.3) is 10.8 Å². The van der Waals surface area contributed by atoms with Crippen molar-refractivity contribution in [1.29, 1.82) is 0 Å². The number of carbonyl (C=O) groups is 1. The van der Waals surface area contributed by atoms with Gasteiger partial charge in [0.2, 0.25) is 0 Å². The van der Waals surface area contributed by atoms with Crippen molar-refractivity contribution in [2.75, 3.05) is 13.7 Å². The standard InChI is InChI=1S/C14H16N2O4/c1-9(14(18)19)12-10-5-3-4-6-11(10)13(17)16(15-12)7-8-20-2/h3-6,9H,7-8H2,1-2H3,(H,18,19). The summed E-state index contributed by atoms with van der Waals surface area (Å²) in [4.78, 5) is 23.5. The quantitative estimate of drug-likeness (QED) is 0.888. The Labute approximate surface area is 115 Å². The molecule has 0 aliphatic rings. The molecule has 1 aromatic heterocycles. The second-order valence-electron chi connectivity index (χ2n) is 4.51. The van der Waals surface area contributed by atoms with Gasteiger partial charge in [-0.2, -0.15) is 5.10 Å². The fourth-order valence-electron chi connectivity index (χ4n) is 2.03. The molecule has 6 nitrogen and oxygen atoms in total. The average Bonchev–Trinajstić information content (AvgIpc) is 2.46. The summed E-state index contributed by atoms with van der Waals surface area (Å²) in [5.74, 6) is -1.76. The van der Waals surface area contributed by atoms with Gasteiger partial charge in [-0.1, -0.05) is 18.2 Å². The summed E-state index contributed by atoms with van der Waals surface area (Å²) < 4.78 is 6.21. The van der Waals surface area contributed by atoms with Gasteiger partial charge >= 0.3 is 5.97 Å². The molecule has 0 aliphatic heterocycles. The van der Waals surface area contributed by atoms with E-state index in [9.17, 15) is 14.7 Å². The van der Waals surface area contributed by atoms with E-state index in [1.807, 2.05) is 0 Å². The van der Waals surface area contributed by atoms with E-state index >= 15 is 0 Å². The third kappa shape index (κ3) is 2.55. The minimum Gasteiger partial charge on any atom is -0.481 e. The third-order valence-electron chi connectivity index (χ3n) is 3.18. The molecule has 106 valence electrons. The first-order chi connectivity index (χ1) is 9.56. The van der Waals surface area contributed by atoms with Gasteiger partial charge in [-0.25, -0.2) is 4.68 Å². The van der Waals surface area contributed by atoms with Gasteiger partial charge in [-0.3, -0.25) is 9.59 Å². The molecule has 2 rings (SSSR count). The van der Waals surface area contributed by atoms with E-state index in [1.165, 1.54) is 11.8 Å². The number of rotatable bonds is 5. The minimum absolute atomic E-state index is 0.237. The van der Waals surface area contributed by atoms with Gasteiger partial charge in [0.1, 0.15) is 0 Å². The van der Waals surface area contributed by atoms with E-state index < -0.39 is 11.9 Å². The number of methoxy groups -OCH3 is 1. The lowest BCUT2D eigenvalue weighted by Gasteiger charge is -2.13. The molecular formula is C14H16N2O4. The van der Waals surface area contributed by atoms with E-state index in [0.717, 1.165) is 0 Å². The zero-order chi connectivity index (χ0) is 14.7. The van der Waals surface area contributed by atoms with Crippen molar-refractivity contribution >= 4 is 16.7 Å². The summed E-state index contributed by atoms with van der Waals surface area (Å²) in [6.07, 6.45) is 0. The van der Waals surface area contributed by atoms with Crippen LogP contribution in [-0.4, -0.2) is 34.6 Å². The maximum atomic E-state index is 12.3. The molecule has 2 aromatic rings. The molecule has 1 unspecified atom stereocenters. The van der Waals surface area contributed by atoms with Crippen LogP contribution in [0.4, 0.5) is 0 Å². The molecular weight excluding hydrogens is 260 g/mol. The molecule has 0 aliphatic carbocycles. The van der Waals surface area contributed by atoms with Crippen molar-refractivity contribution in [3.63, 3.8) is 0 Å². The van der Waals surface area contributed by atoms with Gasteiger partial charge in [-0.15, -0.1) is 0 Å². The lowest BCUT2D eigenvalue weighted by Crippen LogP contribution is -2.27. The van der Waals surface area contributed by atoms with Crippen molar-refractivity contribution in [3.8, 4) is 0 Å². The van der Waals surface area contributed by atoms with Crippen LogP contribution in [0.15, 0.2) is 29.1 Å². The Balaban J connectivity index is 2.69. The smallest absolute Gasteiger partial charge is 0.312 e. The van der Waals surface area contributed by atoms with Crippen LogP contribution >= 0.6 is 0 Å². The minimum atomic E-state index is -0.973. The second kappa shape index (κ2) is 5.83. The summed E-state index contributed by atoms with van der Waals surface area (Å²) >= 11 is 0. The van der Waals surface area contributed by atoms with E-state index in [2.05, 4.69) is 5.10 Å². The molecule has 20 heavy (non-hydrogen) atoms. The highest BCUT2D eigenvalue weighted by Crippen LogP contribution is 2.21. The van der Waals surface area contributed by atoms with E-state index in [0.29, 0.717) is 29.6 Å². The van der Waals surface area contributed by atoms with Crippen molar-refractivity contribution in [2.45, 2.75) is 19.4 Å². The fraction of sp³-hybridized carbons (Fsp3) is 0.357. The van der Waals surface area contributed by atoms with Crippen molar-refractivity contribution in [3.05, 3.63) is 40.3 Å². The molecule has 0 amide bonds. The molecule has 0 saturated heterocycles. The number of benzene rings is 1. The average molecular weight is 276 g/mol. The van der Waals surface area contributed by atoms with E-state index in [4.69, 9.17) is 4.74 Å². The highest BCUT2D eigenvalue weighted by Gasteiger charge is 2.20. The van der Waals surface area contributed by atoms with Crippen LogP contribution in [-0.2, 0) is 16.1 Å². The van der Waals surface area contributed by atoms with Gasteiger partial charge < -0.3 is 9.84 Å². The van der Waals surface area contributed by atoms with Gasteiger partial charge in [0.25, 0.3) is 5.56 Å². The van der Waals surface area contributed by atoms with Crippen molar-refractivity contribution < 1.29 is 14.6 Å². The van der Waals surface area contributed by atoms with Crippen LogP contribution in [0.5, 0.6) is 0 Å². The maximum absolute atomic E-state index is 12.3. The zero-order valence-electron chi connectivity index (χ0n) is 11.4. The zero-order valence-corrected chi connectivity index (χ0v) is 11.4. The summed E-state index contributed by atoms with van der Waals surface area (Å²) in [6.45, 7) is 2.19. The van der Waals surface area contributed by atoms with Crippen LogP contribution in [0.3, 0.4) is 0 Å². The summed E-state index contributed by atoms with van der Waals surface area (Å²) in [6, 6.07) is 6.92. The first-order valence-electron chi connectivity index (χ1n) is 6.27. The summed E-state index contributed by atoms with van der Waals surface area (Å²) in [5.41, 5.74) is 0.155. The topological polar surface area (TPSA) is 81.4 Å². The van der Waals surface area contributed by atoms with Gasteiger partial charge in [0.05, 0.1) is 30.1 Å². The predicted molar refractivity (Wildman–Crippen MR) is 73.9 cm³/mol.